The molecule has 0 saturated carbocycles. The fourth-order valence-electron chi connectivity index (χ4n) is 1.45. The quantitative estimate of drug-likeness (QED) is 0.599. The molecular formula is C12H15N3O6. The molecule has 0 spiro atoms. The lowest BCUT2D eigenvalue weighted by Crippen LogP contribution is -2.22. The van der Waals surface area contributed by atoms with Gasteiger partial charge in [0.1, 0.15) is 19.6 Å². The van der Waals surface area contributed by atoms with Crippen molar-refractivity contribution in [3.63, 3.8) is 0 Å². The molecular weight excluding hydrogens is 282 g/mol. The van der Waals surface area contributed by atoms with Crippen molar-refractivity contribution < 1.29 is 29.7 Å². The summed E-state index contributed by atoms with van der Waals surface area (Å²) in [5, 5.41) is 26.3. The molecule has 9 nitrogen and oxygen atoms in total. The molecule has 1 aliphatic rings. The van der Waals surface area contributed by atoms with Crippen LogP contribution < -0.4 is 0 Å². The van der Waals surface area contributed by atoms with Crippen LogP contribution in [0.15, 0.2) is 37.2 Å². The Morgan fingerprint density at radius 1 is 0.571 bits per heavy atom. The Labute approximate surface area is 120 Å². The molecule has 0 bridgehead atoms. The minimum atomic E-state index is -1.08. The van der Waals surface area contributed by atoms with Crippen molar-refractivity contribution in [2.24, 2.45) is 0 Å². The molecule has 9 heteroatoms. The third-order valence-corrected chi connectivity index (χ3v) is 2.30. The predicted octanol–water partition coefficient (Wildman–Crippen LogP) is -0.427. The highest BCUT2D eigenvalue weighted by Gasteiger charge is 2.09. The highest BCUT2D eigenvalue weighted by atomic mass is 16.4. The zero-order chi connectivity index (χ0) is 15.8. The summed E-state index contributed by atoms with van der Waals surface area (Å²) < 4.78 is 0. The average molecular weight is 297 g/mol. The van der Waals surface area contributed by atoms with Crippen LogP contribution >= 0.6 is 0 Å². The van der Waals surface area contributed by atoms with Gasteiger partial charge in [-0.3, -0.25) is 14.4 Å². The summed E-state index contributed by atoms with van der Waals surface area (Å²) in [6, 6.07) is 0. The van der Waals surface area contributed by atoms with E-state index in [0.717, 1.165) is 0 Å². The number of aliphatic carboxylic acids is 3. The van der Waals surface area contributed by atoms with Gasteiger partial charge in [-0.15, -0.1) is 0 Å². The largest absolute Gasteiger partial charge is 0.480 e. The Balaban J connectivity index is 2.95. The van der Waals surface area contributed by atoms with Crippen molar-refractivity contribution in [1.82, 2.24) is 14.7 Å². The van der Waals surface area contributed by atoms with Gasteiger partial charge in [-0.1, -0.05) is 0 Å². The van der Waals surface area contributed by atoms with Crippen LogP contribution in [0.2, 0.25) is 0 Å². The molecule has 21 heavy (non-hydrogen) atoms. The first-order chi connectivity index (χ1) is 9.86. The van der Waals surface area contributed by atoms with Crippen molar-refractivity contribution in [3.8, 4) is 0 Å². The van der Waals surface area contributed by atoms with Crippen molar-refractivity contribution in [2.45, 2.75) is 0 Å². The van der Waals surface area contributed by atoms with Gasteiger partial charge in [-0.2, -0.15) is 0 Å². The third-order valence-electron chi connectivity index (χ3n) is 2.30. The van der Waals surface area contributed by atoms with E-state index in [4.69, 9.17) is 15.3 Å². The topological polar surface area (TPSA) is 122 Å². The maximum Gasteiger partial charge on any atom is 0.323 e. The minimum absolute atomic E-state index is 0.338. The van der Waals surface area contributed by atoms with Gasteiger partial charge in [0, 0.05) is 37.2 Å². The minimum Gasteiger partial charge on any atom is -0.480 e. The Hall–Kier alpha value is -2.97. The number of hydrogen-bond donors (Lipinski definition) is 3. The molecule has 3 N–H and O–H groups in total. The summed E-state index contributed by atoms with van der Waals surface area (Å²) in [6.07, 6.45) is 8.35. The van der Waals surface area contributed by atoms with Crippen molar-refractivity contribution in [2.75, 3.05) is 19.6 Å². The van der Waals surface area contributed by atoms with Gasteiger partial charge in [0.05, 0.1) is 0 Å². The number of hydrogen-bond acceptors (Lipinski definition) is 6. The van der Waals surface area contributed by atoms with Crippen LogP contribution in [0.25, 0.3) is 0 Å². The molecule has 0 saturated heterocycles. The number of carboxylic acids is 3. The second-order valence-corrected chi connectivity index (χ2v) is 4.09. The van der Waals surface area contributed by atoms with E-state index < -0.39 is 17.9 Å². The van der Waals surface area contributed by atoms with Gasteiger partial charge in [0.15, 0.2) is 0 Å². The highest BCUT2D eigenvalue weighted by Crippen LogP contribution is 2.04. The molecule has 114 valence electrons. The molecule has 0 aromatic heterocycles. The summed E-state index contributed by atoms with van der Waals surface area (Å²) in [7, 11) is 0. The van der Waals surface area contributed by atoms with E-state index in [1.165, 1.54) is 51.9 Å². The number of rotatable bonds is 6. The van der Waals surface area contributed by atoms with Crippen molar-refractivity contribution >= 4 is 17.9 Å². The highest BCUT2D eigenvalue weighted by molar-refractivity contribution is 5.70. The molecule has 0 atom stereocenters. The Bertz CT molecular complexity index is 410. The molecule has 0 radical (unpaired) electrons. The lowest BCUT2D eigenvalue weighted by molar-refractivity contribution is -0.138. The van der Waals surface area contributed by atoms with Crippen LogP contribution in [0.5, 0.6) is 0 Å². The molecule has 0 aromatic rings. The molecule has 0 aliphatic carbocycles. The molecule has 1 rings (SSSR count). The Kier molecular flexibility index (Phi) is 5.80. The first-order valence-electron chi connectivity index (χ1n) is 5.84. The van der Waals surface area contributed by atoms with Crippen LogP contribution in [0.1, 0.15) is 0 Å². The van der Waals surface area contributed by atoms with Gasteiger partial charge in [0.25, 0.3) is 0 Å². The summed E-state index contributed by atoms with van der Waals surface area (Å²) in [4.78, 5) is 36.1. The van der Waals surface area contributed by atoms with Crippen LogP contribution in [0.3, 0.4) is 0 Å². The molecule has 0 aromatic carbocycles. The van der Waals surface area contributed by atoms with E-state index in [9.17, 15) is 14.4 Å². The third kappa shape index (κ3) is 6.66. The fraction of sp³-hybridized carbons (Fsp3) is 0.250. The van der Waals surface area contributed by atoms with Crippen LogP contribution in [0.4, 0.5) is 0 Å². The van der Waals surface area contributed by atoms with E-state index in [2.05, 4.69) is 0 Å². The average Bonchev–Trinajstić information content (AvgIpc) is 2.42. The number of nitrogens with zero attached hydrogens (tertiary/aromatic N) is 3. The van der Waals surface area contributed by atoms with Gasteiger partial charge >= 0.3 is 17.9 Å². The second kappa shape index (κ2) is 7.58. The molecule has 1 heterocycles. The van der Waals surface area contributed by atoms with E-state index >= 15 is 0 Å². The number of carboxylic acid groups (broad SMARTS) is 3. The standard InChI is InChI=1S/C12H15N3O6/c16-10(17)7-13-1-2-14(8-11(18)19)5-6-15(4-3-13)9-12(20)21/h1-6H,7-9H2,(H,16,17)(H,18,19)(H,20,21)/b2-1-,4-3-,6-5?. The van der Waals surface area contributed by atoms with E-state index in [-0.39, 0.29) is 19.6 Å². The van der Waals surface area contributed by atoms with Crippen LogP contribution in [-0.4, -0.2) is 67.6 Å². The van der Waals surface area contributed by atoms with Crippen LogP contribution in [-0.2, 0) is 14.4 Å². The van der Waals surface area contributed by atoms with Crippen LogP contribution in [0, 0.1) is 0 Å². The lowest BCUT2D eigenvalue weighted by atomic mass is 10.5. The van der Waals surface area contributed by atoms with Gasteiger partial charge < -0.3 is 30.0 Å². The van der Waals surface area contributed by atoms with Crippen molar-refractivity contribution in [3.05, 3.63) is 37.2 Å². The maximum absolute atomic E-state index is 10.7. The Morgan fingerprint density at radius 3 is 0.905 bits per heavy atom. The zero-order valence-electron chi connectivity index (χ0n) is 11.0. The van der Waals surface area contributed by atoms with Gasteiger partial charge in [-0.05, 0) is 0 Å². The van der Waals surface area contributed by atoms with Crippen molar-refractivity contribution in [1.29, 1.82) is 0 Å². The summed E-state index contributed by atoms with van der Waals surface area (Å²) >= 11 is 0. The molecule has 0 fully saturated rings. The number of carbonyl (C=O) groups is 3. The van der Waals surface area contributed by atoms with E-state index in [0.29, 0.717) is 0 Å². The first-order valence-corrected chi connectivity index (χ1v) is 5.84. The molecule has 0 amide bonds. The molecule has 1 aliphatic heterocycles. The lowest BCUT2D eigenvalue weighted by Gasteiger charge is -2.15. The summed E-state index contributed by atoms with van der Waals surface area (Å²) in [6.45, 7) is -1.02. The fourth-order valence-corrected chi connectivity index (χ4v) is 1.45. The Morgan fingerprint density at radius 2 is 0.762 bits per heavy atom. The van der Waals surface area contributed by atoms with E-state index in [1.54, 1.807) is 0 Å². The summed E-state index contributed by atoms with van der Waals surface area (Å²) in [5.74, 6) is -3.23. The van der Waals surface area contributed by atoms with Gasteiger partial charge in [0.2, 0.25) is 0 Å². The first kappa shape index (κ1) is 16.1. The zero-order valence-corrected chi connectivity index (χ0v) is 11.0. The van der Waals surface area contributed by atoms with Gasteiger partial charge in [-0.25, -0.2) is 0 Å². The molecule has 0 unspecified atom stereocenters. The predicted molar refractivity (Wildman–Crippen MR) is 70.4 cm³/mol. The SMILES string of the molecule is O=C(O)CN1C=CN(CC(=O)O)/C=C\N(CC(=O)O)/C=C\1. The monoisotopic (exact) mass is 297 g/mol. The second-order valence-electron chi connectivity index (χ2n) is 4.09. The smallest absolute Gasteiger partial charge is 0.323 e. The van der Waals surface area contributed by atoms with E-state index in [1.807, 2.05) is 0 Å². The normalized spacial score (nSPS) is 17.6. The maximum atomic E-state index is 10.7. The summed E-state index contributed by atoms with van der Waals surface area (Å²) in [5.41, 5.74) is 0.